The number of benzene rings is 1. The molecule has 0 unspecified atom stereocenters. The first-order chi connectivity index (χ1) is 26.1. The van der Waals surface area contributed by atoms with Gasteiger partial charge in [0, 0.05) is 5.56 Å². The van der Waals surface area contributed by atoms with Crippen LogP contribution in [0, 0.1) is 0 Å². The zero-order valence-electron chi connectivity index (χ0n) is 35.6. The number of hydrogen-bond donors (Lipinski definition) is 0. The van der Waals surface area contributed by atoms with E-state index < -0.39 is 0 Å². The molecule has 0 aliphatic rings. The van der Waals surface area contributed by atoms with Gasteiger partial charge in [0.15, 0.2) is 11.5 Å². The zero-order valence-corrected chi connectivity index (χ0v) is 35.6. The summed E-state index contributed by atoms with van der Waals surface area (Å²) in [5.74, 6) is 2.59. The minimum absolute atomic E-state index is 0.714. The Hall–Kier alpha value is -2.46. The first-order valence-electron chi connectivity index (χ1n) is 22.5. The van der Waals surface area contributed by atoms with Gasteiger partial charge in [-0.15, -0.1) is 0 Å². The molecule has 0 radical (unpaired) electrons. The van der Waals surface area contributed by atoms with Crippen molar-refractivity contribution in [3.05, 3.63) is 67.3 Å². The second-order valence-corrected chi connectivity index (χ2v) is 15.2. The van der Waals surface area contributed by atoms with Gasteiger partial charge >= 0.3 is 0 Å². The summed E-state index contributed by atoms with van der Waals surface area (Å²) in [5.41, 5.74) is 1.29. The lowest BCUT2D eigenvalue weighted by Crippen LogP contribution is -2.46. The number of allylic oxidation sites excluding steroid dienone is 6. The van der Waals surface area contributed by atoms with Gasteiger partial charge < -0.3 is 18.7 Å². The van der Waals surface area contributed by atoms with Crippen molar-refractivity contribution in [2.24, 2.45) is 0 Å². The Labute approximate surface area is 330 Å². The van der Waals surface area contributed by atoms with Gasteiger partial charge in [-0.3, -0.25) is 0 Å². The lowest BCUT2D eigenvalue weighted by Gasteiger charge is -2.36. The van der Waals surface area contributed by atoms with Gasteiger partial charge in [0.1, 0.15) is 6.54 Å². The van der Waals surface area contributed by atoms with Gasteiger partial charge in [-0.1, -0.05) is 166 Å². The lowest BCUT2D eigenvalue weighted by molar-refractivity contribution is -0.936. The van der Waals surface area contributed by atoms with Crippen LogP contribution in [0.5, 0.6) is 17.2 Å². The van der Waals surface area contributed by atoms with Crippen molar-refractivity contribution in [2.45, 2.75) is 188 Å². The molecule has 0 aromatic heterocycles. The largest absolute Gasteiger partial charge is 0.490 e. The summed E-state index contributed by atoms with van der Waals surface area (Å²) in [7, 11) is 0. The predicted octanol–water partition coefficient (Wildman–Crippen LogP) is 15.1. The van der Waals surface area contributed by atoms with E-state index in [1.165, 1.54) is 128 Å². The molecule has 0 aliphatic heterocycles. The average molecular weight is 737 g/mol. The van der Waals surface area contributed by atoms with Crippen LogP contribution >= 0.6 is 0 Å². The Morgan fingerprint density at radius 2 is 0.830 bits per heavy atom. The summed E-state index contributed by atoms with van der Waals surface area (Å²) in [6.45, 7) is 23.3. The fraction of sp³-hybridized carbons (Fsp3) is 0.714. The fourth-order valence-corrected chi connectivity index (χ4v) is 7.13. The molecule has 53 heavy (non-hydrogen) atoms. The van der Waals surface area contributed by atoms with Crippen molar-refractivity contribution < 1.29 is 18.7 Å². The Morgan fingerprint density at radius 1 is 0.472 bits per heavy atom. The summed E-state index contributed by atoms with van der Waals surface area (Å²) >= 11 is 0. The van der Waals surface area contributed by atoms with Crippen LogP contribution in [0.15, 0.2) is 61.7 Å². The van der Waals surface area contributed by atoms with Gasteiger partial charge in [0.2, 0.25) is 5.75 Å². The molecule has 0 N–H and O–H groups in total. The molecule has 1 aromatic carbocycles. The maximum atomic E-state index is 6.63. The molecule has 0 heterocycles. The Bertz CT molecular complexity index is 991. The number of unbranched alkanes of at least 4 members (excludes halogenated alkanes) is 21. The highest BCUT2D eigenvalue weighted by molar-refractivity contribution is 5.54. The maximum absolute atomic E-state index is 6.63. The standard InChI is InChI=1S/C49H86NO3/c1-7-13-16-19-22-25-28-31-34-37-40-51-47-43-46(45-50(10-4,11-5)12-6)44-48(52-41-38-35-32-29-26-23-20-17-14-8-2)49(47)53-42-39-36-33-30-27-24-21-18-15-9-3/h7-8,13-14,16-17,43-44H,1-2,9-12,15,18-42,45H2,3-6H3/q+1/b16-13+,17-14+. The normalized spacial score (nSPS) is 11.8. The average Bonchev–Trinajstić information content (AvgIpc) is 3.17. The third-order valence-corrected chi connectivity index (χ3v) is 10.9. The van der Waals surface area contributed by atoms with Gasteiger partial charge in [0.25, 0.3) is 0 Å². The number of quaternary nitrogens is 1. The third kappa shape index (κ3) is 25.3. The molecule has 0 bridgehead atoms. The van der Waals surface area contributed by atoms with Gasteiger partial charge in [-0.05, 0) is 77.8 Å². The topological polar surface area (TPSA) is 27.7 Å². The predicted molar refractivity (Wildman–Crippen MR) is 234 cm³/mol. The van der Waals surface area contributed by atoms with Crippen molar-refractivity contribution in [1.82, 2.24) is 0 Å². The first-order valence-corrected chi connectivity index (χ1v) is 22.5. The molecule has 0 spiro atoms. The molecule has 0 fully saturated rings. The molecule has 0 saturated carbocycles. The Morgan fingerprint density at radius 3 is 1.21 bits per heavy atom. The van der Waals surface area contributed by atoms with Crippen LogP contribution in [0.3, 0.4) is 0 Å². The highest BCUT2D eigenvalue weighted by Crippen LogP contribution is 2.40. The summed E-state index contributed by atoms with van der Waals surface area (Å²) in [6.07, 6.45) is 42.5. The number of rotatable bonds is 39. The van der Waals surface area contributed by atoms with Crippen LogP contribution in [0.2, 0.25) is 0 Å². The van der Waals surface area contributed by atoms with Crippen molar-refractivity contribution >= 4 is 0 Å². The van der Waals surface area contributed by atoms with Crippen molar-refractivity contribution in [1.29, 1.82) is 0 Å². The SMILES string of the molecule is C=C/C=C/CCCCCCCCOc1cc(C[N+](CC)(CC)CC)cc(OCCCCCCCC/C=C/C=C)c1OCCCCCCCCCCCC. The molecule has 1 aromatic rings. The molecule has 1 rings (SSSR count). The quantitative estimate of drug-likeness (QED) is 0.0383. The van der Waals surface area contributed by atoms with Gasteiger partial charge in [-0.2, -0.15) is 0 Å². The second kappa shape index (κ2) is 35.3. The summed E-state index contributed by atoms with van der Waals surface area (Å²) < 4.78 is 20.9. The van der Waals surface area contributed by atoms with E-state index in [9.17, 15) is 0 Å². The number of ether oxygens (including phenoxy) is 3. The van der Waals surface area contributed by atoms with Crippen LogP contribution in [0.25, 0.3) is 0 Å². The van der Waals surface area contributed by atoms with E-state index in [1.807, 2.05) is 12.2 Å². The highest BCUT2D eigenvalue weighted by Gasteiger charge is 2.24. The monoisotopic (exact) mass is 737 g/mol. The summed E-state index contributed by atoms with van der Waals surface area (Å²) in [4.78, 5) is 0. The van der Waals surface area contributed by atoms with Crippen molar-refractivity contribution in [3.63, 3.8) is 0 Å². The van der Waals surface area contributed by atoms with E-state index in [1.54, 1.807) is 0 Å². The Balaban J connectivity index is 2.91. The lowest BCUT2D eigenvalue weighted by atomic mass is 10.1. The molecule has 0 amide bonds. The highest BCUT2D eigenvalue weighted by atomic mass is 16.5. The smallest absolute Gasteiger partial charge is 0.203 e. The first kappa shape index (κ1) is 48.6. The Kier molecular flexibility index (Phi) is 32.3. The third-order valence-electron chi connectivity index (χ3n) is 10.9. The van der Waals surface area contributed by atoms with Crippen LogP contribution in [-0.2, 0) is 6.54 Å². The molecule has 0 aliphatic carbocycles. The van der Waals surface area contributed by atoms with E-state index >= 15 is 0 Å². The van der Waals surface area contributed by atoms with Gasteiger partial charge in [0.05, 0.1) is 39.5 Å². The number of hydrogen-bond acceptors (Lipinski definition) is 3. The fourth-order valence-electron chi connectivity index (χ4n) is 7.13. The van der Waals surface area contributed by atoms with Crippen molar-refractivity contribution in [2.75, 3.05) is 39.5 Å². The molecule has 304 valence electrons. The van der Waals surface area contributed by atoms with Crippen LogP contribution in [0.1, 0.15) is 187 Å². The van der Waals surface area contributed by atoms with E-state index in [4.69, 9.17) is 14.2 Å². The molecule has 4 nitrogen and oxygen atoms in total. The minimum Gasteiger partial charge on any atom is -0.490 e. The molecule has 0 atom stereocenters. The molecular formula is C49H86NO3+. The van der Waals surface area contributed by atoms with E-state index in [2.05, 4.69) is 77.3 Å². The zero-order chi connectivity index (χ0) is 38.5. The van der Waals surface area contributed by atoms with E-state index in [0.717, 1.165) is 93.2 Å². The van der Waals surface area contributed by atoms with Crippen LogP contribution < -0.4 is 14.2 Å². The van der Waals surface area contributed by atoms with Crippen LogP contribution in [0.4, 0.5) is 0 Å². The maximum Gasteiger partial charge on any atom is 0.203 e. The second-order valence-electron chi connectivity index (χ2n) is 15.2. The summed E-state index contributed by atoms with van der Waals surface area (Å²) in [5, 5.41) is 0. The molecule has 4 heteroatoms. The molecular weight excluding hydrogens is 651 g/mol. The number of nitrogens with zero attached hydrogens (tertiary/aromatic N) is 1. The minimum atomic E-state index is 0.714. The van der Waals surface area contributed by atoms with E-state index in [0.29, 0.717) is 6.61 Å². The van der Waals surface area contributed by atoms with Gasteiger partial charge in [-0.25, -0.2) is 0 Å². The van der Waals surface area contributed by atoms with E-state index in [-0.39, 0.29) is 0 Å². The summed E-state index contributed by atoms with van der Waals surface area (Å²) in [6, 6.07) is 4.55. The van der Waals surface area contributed by atoms with Crippen molar-refractivity contribution in [3.8, 4) is 17.2 Å². The van der Waals surface area contributed by atoms with Crippen LogP contribution in [-0.4, -0.2) is 43.9 Å². The molecule has 0 saturated heterocycles.